The number of nitrogens with zero attached hydrogens (tertiary/aromatic N) is 1. The van der Waals surface area contributed by atoms with Gasteiger partial charge in [-0.1, -0.05) is 11.6 Å². The second kappa shape index (κ2) is 5.62. The molecule has 0 aromatic carbocycles. The largest absolute Gasteiger partial charge is 0.449 e. The number of hydrogen-bond acceptors (Lipinski definition) is 4. The van der Waals surface area contributed by atoms with Crippen molar-refractivity contribution in [2.45, 2.75) is 6.92 Å². The van der Waals surface area contributed by atoms with Crippen LogP contribution in [0.2, 0.25) is 4.34 Å². The summed E-state index contributed by atoms with van der Waals surface area (Å²) in [6.45, 7) is 2.05. The summed E-state index contributed by atoms with van der Waals surface area (Å²) >= 11 is 7.07. The zero-order valence-corrected chi connectivity index (χ0v) is 9.06. The van der Waals surface area contributed by atoms with Gasteiger partial charge in [-0.25, -0.2) is 10.2 Å². The lowest BCUT2D eigenvalue weighted by molar-refractivity contribution is 0.152. The van der Waals surface area contributed by atoms with Gasteiger partial charge in [-0.15, -0.1) is 11.3 Å². The molecule has 0 unspecified atom stereocenters. The highest BCUT2D eigenvalue weighted by Gasteiger charge is 1.96. The Labute approximate surface area is 90.5 Å². The molecule has 0 atom stereocenters. The molecule has 0 saturated carbocycles. The van der Waals surface area contributed by atoms with Crippen LogP contribution in [0.5, 0.6) is 0 Å². The van der Waals surface area contributed by atoms with Crippen molar-refractivity contribution in [3.05, 3.63) is 21.3 Å². The first-order chi connectivity index (χ1) is 6.72. The Hall–Kier alpha value is -1.07. The second-order valence-corrected chi connectivity index (χ2v) is 3.98. The van der Waals surface area contributed by atoms with Gasteiger partial charge in [0.15, 0.2) is 0 Å². The van der Waals surface area contributed by atoms with Gasteiger partial charge in [0.2, 0.25) is 0 Å². The smallest absolute Gasteiger partial charge is 0.427 e. The normalized spacial score (nSPS) is 10.4. The summed E-state index contributed by atoms with van der Waals surface area (Å²) in [6, 6.07) is 3.57. The molecule has 0 aliphatic rings. The van der Waals surface area contributed by atoms with Crippen LogP contribution in [0, 0.1) is 0 Å². The number of hydrazone groups is 1. The molecule has 0 aliphatic heterocycles. The number of carbonyl (C=O) groups excluding carboxylic acids is 1. The number of thiophene rings is 1. The molecule has 4 nitrogen and oxygen atoms in total. The van der Waals surface area contributed by atoms with E-state index >= 15 is 0 Å². The van der Waals surface area contributed by atoms with Crippen molar-refractivity contribution in [2.75, 3.05) is 6.61 Å². The lowest BCUT2D eigenvalue weighted by Gasteiger charge is -1.97. The predicted octanol–water partition coefficient (Wildman–Crippen LogP) is 2.48. The van der Waals surface area contributed by atoms with Gasteiger partial charge in [0.25, 0.3) is 0 Å². The number of halogens is 1. The fourth-order valence-electron chi connectivity index (χ4n) is 0.710. The van der Waals surface area contributed by atoms with Crippen LogP contribution in [-0.2, 0) is 4.74 Å². The summed E-state index contributed by atoms with van der Waals surface area (Å²) in [6.07, 6.45) is 0.944. The van der Waals surface area contributed by atoms with Crippen molar-refractivity contribution in [3.8, 4) is 0 Å². The van der Waals surface area contributed by atoms with E-state index < -0.39 is 6.09 Å². The molecule has 1 N–H and O–H groups in total. The van der Waals surface area contributed by atoms with E-state index in [1.54, 1.807) is 13.0 Å². The Kier molecular flexibility index (Phi) is 4.42. The highest BCUT2D eigenvalue weighted by Crippen LogP contribution is 2.19. The number of nitrogens with one attached hydrogen (secondary N) is 1. The molecule has 76 valence electrons. The number of amides is 1. The van der Waals surface area contributed by atoms with Gasteiger partial charge < -0.3 is 4.74 Å². The fourth-order valence-corrected chi connectivity index (χ4v) is 1.64. The minimum absolute atomic E-state index is 0.326. The maximum absolute atomic E-state index is 10.8. The quantitative estimate of drug-likeness (QED) is 0.643. The summed E-state index contributed by atoms with van der Waals surface area (Å²) in [7, 11) is 0. The maximum atomic E-state index is 10.8. The molecule has 1 aromatic heterocycles. The average molecular weight is 233 g/mol. The zero-order valence-electron chi connectivity index (χ0n) is 7.49. The van der Waals surface area contributed by atoms with Crippen LogP contribution in [0.4, 0.5) is 4.79 Å². The third-order valence-electron chi connectivity index (χ3n) is 1.22. The van der Waals surface area contributed by atoms with Crippen LogP contribution in [0.1, 0.15) is 11.8 Å². The molecule has 1 rings (SSSR count). The van der Waals surface area contributed by atoms with E-state index in [0.29, 0.717) is 10.9 Å². The van der Waals surface area contributed by atoms with Crippen LogP contribution in [0.25, 0.3) is 0 Å². The Bertz CT molecular complexity index is 338. The van der Waals surface area contributed by atoms with Gasteiger partial charge in [-0.2, -0.15) is 5.10 Å². The Morgan fingerprint density at radius 1 is 1.79 bits per heavy atom. The summed E-state index contributed by atoms with van der Waals surface area (Å²) < 4.78 is 5.28. The highest BCUT2D eigenvalue weighted by molar-refractivity contribution is 7.17. The molecule has 6 heteroatoms. The predicted molar refractivity (Wildman–Crippen MR) is 57.1 cm³/mol. The molecule has 1 aromatic rings. The Morgan fingerprint density at radius 2 is 2.57 bits per heavy atom. The van der Waals surface area contributed by atoms with Gasteiger partial charge in [0, 0.05) is 4.88 Å². The van der Waals surface area contributed by atoms with Crippen molar-refractivity contribution in [2.24, 2.45) is 5.10 Å². The molecular weight excluding hydrogens is 224 g/mol. The van der Waals surface area contributed by atoms with Crippen molar-refractivity contribution in [3.63, 3.8) is 0 Å². The molecule has 0 saturated heterocycles. The van der Waals surface area contributed by atoms with E-state index in [1.807, 2.05) is 6.07 Å². The molecule has 1 heterocycles. The maximum Gasteiger partial charge on any atom is 0.427 e. The van der Waals surface area contributed by atoms with Crippen LogP contribution >= 0.6 is 22.9 Å². The van der Waals surface area contributed by atoms with Gasteiger partial charge in [-0.3, -0.25) is 0 Å². The SMILES string of the molecule is CCOC(=O)N/N=C/c1ccc(Cl)s1. The lowest BCUT2D eigenvalue weighted by Crippen LogP contribution is -2.18. The van der Waals surface area contributed by atoms with E-state index in [-0.39, 0.29) is 0 Å². The molecule has 0 radical (unpaired) electrons. The summed E-state index contributed by atoms with van der Waals surface area (Å²) in [5, 5.41) is 3.68. The zero-order chi connectivity index (χ0) is 10.4. The Morgan fingerprint density at radius 3 is 3.14 bits per heavy atom. The standard InChI is InChI=1S/C8H9ClN2O2S/c1-2-13-8(12)11-10-5-6-3-4-7(9)14-6/h3-5H,2H2,1H3,(H,11,12)/b10-5+. The number of hydrogen-bond donors (Lipinski definition) is 1. The summed E-state index contributed by atoms with van der Waals surface area (Å²) in [4.78, 5) is 11.6. The summed E-state index contributed by atoms with van der Waals surface area (Å²) in [5.74, 6) is 0. The van der Waals surface area contributed by atoms with Crippen LogP contribution < -0.4 is 5.43 Å². The van der Waals surface area contributed by atoms with Gasteiger partial charge in [0.1, 0.15) is 0 Å². The van der Waals surface area contributed by atoms with Crippen molar-refractivity contribution in [1.29, 1.82) is 0 Å². The molecule has 0 aliphatic carbocycles. The van der Waals surface area contributed by atoms with E-state index in [2.05, 4.69) is 15.3 Å². The first-order valence-corrected chi connectivity index (χ1v) is 5.13. The highest BCUT2D eigenvalue weighted by atomic mass is 35.5. The monoisotopic (exact) mass is 232 g/mol. The molecule has 0 fully saturated rings. The second-order valence-electron chi connectivity index (χ2n) is 2.23. The number of carbonyl (C=O) groups is 1. The number of ether oxygens (including phenoxy) is 1. The minimum Gasteiger partial charge on any atom is -0.449 e. The van der Waals surface area contributed by atoms with Gasteiger partial charge >= 0.3 is 6.09 Å². The average Bonchev–Trinajstić information content (AvgIpc) is 2.52. The number of rotatable bonds is 3. The Balaban J connectivity index is 2.37. The third-order valence-corrected chi connectivity index (χ3v) is 2.38. The molecule has 1 amide bonds. The summed E-state index contributed by atoms with van der Waals surface area (Å²) in [5.41, 5.74) is 2.21. The fraction of sp³-hybridized carbons (Fsp3) is 0.250. The minimum atomic E-state index is -0.564. The van der Waals surface area contributed by atoms with E-state index in [0.717, 1.165) is 4.88 Å². The van der Waals surface area contributed by atoms with E-state index in [9.17, 15) is 4.79 Å². The lowest BCUT2D eigenvalue weighted by atomic mass is 10.5. The molecular formula is C8H9ClN2O2S. The molecule has 0 bridgehead atoms. The first-order valence-electron chi connectivity index (χ1n) is 3.93. The van der Waals surface area contributed by atoms with Crippen LogP contribution in [-0.4, -0.2) is 18.9 Å². The van der Waals surface area contributed by atoms with Crippen LogP contribution in [0.3, 0.4) is 0 Å². The van der Waals surface area contributed by atoms with Gasteiger partial charge in [0.05, 0.1) is 17.2 Å². The first kappa shape index (κ1) is 11.0. The van der Waals surface area contributed by atoms with Crippen molar-refractivity contribution >= 4 is 35.2 Å². The molecule has 0 spiro atoms. The van der Waals surface area contributed by atoms with Crippen LogP contribution in [0.15, 0.2) is 17.2 Å². The molecule has 14 heavy (non-hydrogen) atoms. The van der Waals surface area contributed by atoms with Crippen molar-refractivity contribution < 1.29 is 9.53 Å². The van der Waals surface area contributed by atoms with E-state index in [4.69, 9.17) is 11.6 Å². The van der Waals surface area contributed by atoms with Crippen molar-refractivity contribution in [1.82, 2.24) is 5.43 Å². The van der Waals surface area contributed by atoms with Gasteiger partial charge in [-0.05, 0) is 19.1 Å². The van der Waals surface area contributed by atoms with E-state index in [1.165, 1.54) is 17.6 Å². The third kappa shape index (κ3) is 3.76. The topological polar surface area (TPSA) is 50.7 Å².